The van der Waals surface area contributed by atoms with Crippen molar-refractivity contribution < 1.29 is 9.47 Å². The number of aryl methyl sites for hydroxylation is 1. The highest BCUT2D eigenvalue weighted by molar-refractivity contribution is 6.31. The molecule has 0 amide bonds. The van der Waals surface area contributed by atoms with Crippen molar-refractivity contribution >= 4 is 11.6 Å². The first kappa shape index (κ1) is 13.7. The molecule has 0 fully saturated rings. The lowest BCUT2D eigenvalue weighted by molar-refractivity contribution is 0.354. The smallest absolute Gasteiger partial charge is 0.161 e. The van der Waals surface area contributed by atoms with E-state index < -0.39 is 0 Å². The average Bonchev–Trinajstić information content (AvgIpc) is 2.76. The minimum atomic E-state index is -0.375. The van der Waals surface area contributed by atoms with Crippen molar-refractivity contribution in [2.75, 3.05) is 14.2 Å². The minimum absolute atomic E-state index is 0.375. The Morgan fingerprint density at radius 3 is 2.47 bits per heavy atom. The Morgan fingerprint density at radius 1 is 1.26 bits per heavy atom. The summed E-state index contributed by atoms with van der Waals surface area (Å²) in [5.41, 5.74) is 7.87. The number of nitrogens with zero attached hydrogens (tertiary/aromatic N) is 2. The van der Waals surface area contributed by atoms with Gasteiger partial charge >= 0.3 is 0 Å². The van der Waals surface area contributed by atoms with Gasteiger partial charge in [0.05, 0.1) is 37.2 Å². The molecule has 2 N–H and O–H groups in total. The second kappa shape index (κ2) is 5.50. The van der Waals surface area contributed by atoms with E-state index in [9.17, 15) is 0 Å². The lowest BCUT2D eigenvalue weighted by atomic mass is 10.0. The lowest BCUT2D eigenvalue weighted by Gasteiger charge is -2.15. The van der Waals surface area contributed by atoms with Crippen LogP contribution < -0.4 is 15.2 Å². The molecular formula is C13H16ClN3O2. The number of methoxy groups -OCH3 is 2. The van der Waals surface area contributed by atoms with E-state index in [1.54, 1.807) is 25.1 Å². The third-order valence-corrected chi connectivity index (χ3v) is 3.29. The molecule has 2 rings (SSSR count). The monoisotopic (exact) mass is 281 g/mol. The van der Waals surface area contributed by atoms with Gasteiger partial charge in [-0.15, -0.1) is 0 Å². The van der Waals surface area contributed by atoms with Crippen LogP contribution >= 0.6 is 11.6 Å². The van der Waals surface area contributed by atoms with Gasteiger partial charge in [0.25, 0.3) is 0 Å². The molecule has 1 heterocycles. The normalized spacial score (nSPS) is 12.3. The highest BCUT2D eigenvalue weighted by atomic mass is 35.5. The fraction of sp³-hybridized carbons (Fsp3) is 0.308. The van der Waals surface area contributed by atoms with Crippen molar-refractivity contribution in [1.29, 1.82) is 0 Å². The van der Waals surface area contributed by atoms with Gasteiger partial charge in [-0.25, -0.2) is 0 Å². The molecule has 0 spiro atoms. The Hall–Kier alpha value is -1.72. The zero-order valence-electron chi connectivity index (χ0n) is 11.1. The van der Waals surface area contributed by atoms with E-state index in [1.165, 1.54) is 0 Å². The second-order valence-corrected chi connectivity index (χ2v) is 4.50. The minimum Gasteiger partial charge on any atom is -0.493 e. The summed E-state index contributed by atoms with van der Waals surface area (Å²) < 4.78 is 12.1. The Bertz CT molecular complexity index is 564. The maximum Gasteiger partial charge on any atom is 0.161 e. The van der Waals surface area contributed by atoms with Gasteiger partial charge in [-0.05, 0) is 17.7 Å². The molecule has 1 aromatic heterocycles. The van der Waals surface area contributed by atoms with E-state index in [4.69, 9.17) is 26.8 Å². The summed E-state index contributed by atoms with van der Waals surface area (Å²) >= 11 is 6.10. The number of ether oxygens (including phenoxy) is 2. The summed E-state index contributed by atoms with van der Waals surface area (Å²) in [6, 6.07) is 5.17. The van der Waals surface area contributed by atoms with Crippen LogP contribution in [0.25, 0.3) is 0 Å². The van der Waals surface area contributed by atoms with Gasteiger partial charge in [0.2, 0.25) is 0 Å². The highest BCUT2D eigenvalue weighted by Crippen LogP contribution is 2.32. The maximum absolute atomic E-state index is 6.24. The van der Waals surface area contributed by atoms with Gasteiger partial charge < -0.3 is 15.2 Å². The Labute approximate surface area is 116 Å². The fourth-order valence-corrected chi connectivity index (χ4v) is 2.26. The number of halogens is 1. The largest absolute Gasteiger partial charge is 0.493 e. The molecule has 0 radical (unpaired) electrons. The number of hydrogen-bond donors (Lipinski definition) is 1. The molecule has 0 aliphatic heterocycles. The zero-order chi connectivity index (χ0) is 14.0. The SMILES string of the molecule is COc1ccc(C(N)c2c(Cl)cnn2C)cc1OC. The van der Waals surface area contributed by atoms with Crippen molar-refractivity contribution in [2.45, 2.75) is 6.04 Å². The predicted molar refractivity (Wildman–Crippen MR) is 73.8 cm³/mol. The molecule has 0 saturated heterocycles. The van der Waals surface area contributed by atoms with Crippen molar-refractivity contribution in [3.63, 3.8) is 0 Å². The van der Waals surface area contributed by atoms with E-state index in [0.29, 0.717) is 16.5 Å². The van der Waals surface area contributed by atoms with Crippen LogP contribution in [0, 0.1) is 0 Å². The Morgan fingerprint density at radius 2 is 1.95 bits per heavy atom. The van der Waals surface area contributed by atoms with Gasteiger partial charge in [0.15, 0.2) is 11.5 Å². The van der Waals surface area contributed by atoms with Crippen molar-refractivity contribution in [3.8, 4) is 11.5 Å². The fourth-order valence-electron chi connectivity index (χ4n) is 1.97. The Kier molecular flexibility index (Phi) is 3.97. The molecule has 6 heteroatoms. The van der Waals surface area contributed by atoms with Gasteiger partial charge in [-0.2, -0.15) is 5.10 Å². The molecule has 19 heavy (non-hydrogen) atoms. The zero-order valence-corrected chi connectivity index (χ0v) is 11.8. The van der Waals surface area contributed by atoms with Crippen LogP contribution in [0.5, 0.6) is 11.5 Å². The first-order chi connectivity index (χ1) is 9.08. The number of nitrogens with two attached hydrogens (primary N) is 1. The molecule has 0 aliphatic carbocycles. The molecule has 102 valence electrons. The van der Waals surface area contributed by atoms with Crippen molar-refractivity contribution in [3.05, 3.63) is 40.7 Å². The molecule has 0 saturated carbocycles. The van der Waals surface area contributed by atoms with Crippen LogP contribution in [0.2, 0.25) is 5.02 Å². The molecule has 2 aromatic rings. The van der Waals surface area contributed by atoms with Crippen LogP contribution in [-0.4, -0.2) is 24.0 Å². The van der Waals surface area contributed by atoms with E-state index in [0.717, 1.165) is 11.3 Å². The summed E-state index contributed by atoms with van der Waals surface area (Å²) in [7, 11) is 4.99. The van der Waals surface area contributed by atoms with Crippen LogP contribution in [0.3, 0.4) is 0 Å². The van der Waals surface area contributed by atoms with Crippen molar-refractivity contribution in [1.82, 2.24) is 9.78 Å². The van der Waals surface area contributed by atoms with Crippen LogP contribution in [0.15, 0.2) is 24.4 Å². The molecule has 0 aliphatic rings. The highest BCUT2D eigenvalue weighted by Gasteiger charge is 2.18. The van der Waals surface area contributed by atoms with Gasteiger partial charge in [0.1, 0.15) is 0 Å². The van der Waals surface area contributed by atoms with Gasteiger partial charge in [-0.3, -0.25) is 4.68 Å². The van der Waals surface area contributed by atoms with E-state index >= 15 is 0 Å². The maximum atomic E-state index is 6.24. The first-order valence-corrected chi connectivity index (χ1v) is 6.11. The molecular weight excluding hydrogens is 266 g/mol. The number of hydrogen-bond acceptors (Lipinski definition) is 4. The third-order valence-electron chi connectivity index (χ3n) is 3.00. The molecule has 5 nitrogen and oxygen atoms in total. The summed E-state index contributed by atoms with van der Waals surface area (Å²) in [4.78, 5) is 0. The molecule has 0 bridgehead atoms. The van der Waals surface area contributed by atoms with Crippen LogP contribution in [0.1, 0.15) is 17.3 Å². The molecule has 1 atom stereocenters. The number of aromatic nitrogens is 2. The number of rotatable bonds is 4. The summed E-state index contributed by atoms with van der Waals surface area (Å²) in [5, 5.41) is 4.63. The molecule has 1 aromatic carbocycles. The summed E-state index contributed by atoms with van der Waals surface area (Å²) in [6.45, 7) is 0. The van der Waals surface area contributed by atoms with E-state index in [-0.39, 0.29) is 6.04 Å². The average molecular weight is 282 g/mol. The van der Waals surface area contributed by atoms with Crippen molar-refractivity contribution in [2.24, 2.45) is 12.8 Å². The lowest BCUT2D eigenvalue weighted by Crippen LogP contribution is -2.16. The third kappa shape index (κ3) is 2.52. The summed E-state index contributed by atoms with van der Waals surface area (Å²) in [6.07, 6.45) is 1.58. The quantitative estimate of drug-likeness (QED) is 0.933. The Balaban J connectivity index is 2.42. The summed E-state index contributed by atoms with van der Waals surface area (Å²) in [5.74, 6) is 1.29. The number of benzene rings is 1. The topological polar surface area (TPSA) is 62.3 Å². The van der Waals surface area contributed by atoms with Gasteiger partial charge in [-0.1, -0.05) is 17.7 Å². The molecule has 1 unspecified atom stereocenters. The standard InChI is InChI=1S/C13H16ClN3O2/c1-17-13(9(14)7-16-17)12(15)8-4-5-10(18-2)11(6-8)19-3/h4-7,12H,15H2,1-3H3. The second-order valence-electron chi connectivity index (χ2n) is 4.09. The van der Waals surface area contributed by atoms with Crippen LogP contribution in [-0.2, 0) is 7.05 Å². The van der Waals surface area contributed by atoms with E-state index in [2.05, 4.69) is 5.10 Å². The predicted octanol–water partition coefficient (Wildman–Crippen LogP) is 2.14. The van der Waals surface area contributed by atoms with E-state index in [1.807, 2.05) is 25.2 Å². The van der Waals surface area contributed by atoms with Gasteiger partial charge in [0, 0.05) is 7.05 Å². The first-order valence-electron chi connectivity index (χ1n) is 5.73. The van der Waals surface area contributed by atoms with Crippen LogP contribution in [0.4, 0.5) is 0 Å².